The maximum atomic E-state index is 12.0. The van der Waals surface area contributed by atoms with Gasteiger partial charge in [0, 0.05) is 11.6 Å². The number of hydrogen-bond donors (Lipinski definition) is 1. The van der Waals surface area contributed by atoms with Gasteiger partial charge in [-0.15, -0.1) is 0 Å². The van der Waals surface area contributed by atoms with Crippen molar-refractivity contribution in [2.45, 2.75) is 47.1 Å². The van der Waals surface area contributed by atoms with E-state index in [4.69, 9.17) is 0 Å². The number of benzene rings is 1. The molecule has 1 aromatic rings. The van der Waals surface area contributed by atoms with Crippen molar-refractivity contribution in [1.82, 2.24) is 5.32 Å². The molecule has 0 aliphatic heterocycles. The molecule has 0 aliphatic rings. The Balaban J connectivity index is 2.96. The standard InChI is InChI=1S/C14H21NO/c1-6-12(5)15-14(16)13-8-10(3)9(2)7-11(13)4/h7-8,12H,6H2,1-5H3,(H,15,16)/t12-/m1/s1. The average molecular weight is 219 g/mol. The van der Waals surface area contributed by atoms with E-state index in [1.165, 1.54) is 11.1 Å². The Morgan fingerprint density at radius 1 is 1.19 bits per heavy atom. The summed E-state index contributed by atoms with van der Waals surface area (Å²) in [5.41, 5.74) is 4.24. The number of nitrogens with one attached hydrogen (secondary N) is 1. The maximum Gasteiger partial charge on any atom is 0.251 e. The van der Waals surface area contributed by atoms with Gasteiger partial charge in [-0.3, -0.25) is 4.79 Å². The van der Waals surface area contributed by atoms with Crippen LogP contribution in [-0.4, -0.2) is 11.9 Å². The molecule has 1 atom stereocenters. The van der Waals surface area contributed by atoms with Crippen molar-refractivity contribution in [2.24, 2.45) is 0 Å². The third kappa shape index (κ3) is 2.84. The molecule has 2 heteroatoms. The molecule has 0 saturated carbocycles. The molecular formula is C14H21NO. The second kappa shape index (κ2) is 5.15. The second-order valence-corrected chi connectivity index (χ2v) is 4.53. The maximum absolute atomic E-state index is 12.0. The van der Waals surface area contributed by atoms with Gasteiger partial charge in [0.1, 0.15) is 0 Å². The van der Waals surface area contributed by atoms with E-state index in [9.17, 15) is 4.79 Å². The van der Waals surface area contributed by atoms with Crippen LogP contribution < -0.4 is 5.32 Å². The first kappa shape index (κ1) is 12.8. The molecule has 2 nitrogen and oxygen atoms in total. The van der Waals surface area contributed by atoms with Crippen LogP contribution in [0, 0.1) is 20.8 Å². The molecule has 0 saturated heterocycles. The van der Waals surface area contributed by atoms with Gasteiger partial charge in [0.25, 0.3) is 5.91 Å². The number of amides is 1. The molecule has 0 aromatic heterocycles. The number of hydrogen-bond acceptors (Lipinski definition) is 1. The van der Waals surface area contributed by atoms with Crippen molar-refractivity contribution in [3.8, 4) is 0 Å². The lowest BCUT2D eigenvalue weighted by Gasteiger charge is -2.14. The molecule has 0 bridgehead atoms. The van der Waals surface area contributed by atoms with Gasteiger partial charge in [-0.05, 0) is 56.9 Å². The third-order valence-corrected chi connectivity index (χ3v) is 3.08. The zero-order valence-corrected chi connectivity index (χ0v) is 10.8. The van der Waals surface area contributed by atoms with Crippen LogP contribution in [0.1, 0.15) is 47.3 Å². The lowest BCUT2D eigenvalue weighted by Crippen LogP contribution is -2.32. The van der Waals surface area contributed by atoms with E-state index in [1.54, 1.807) is 0 Å². The van der Waals surface area contributed by atoms with Crippen LogP contribution in [0.4, 0.5) is 0 Å². The molecule has 1 amide bonds. The van der Waals surface area contributed by atoms with Crippen molar-refractivity contribution >= 4 is 5.91 Å². The Bertz CT molecular complexity index is 396. The first-order valence-electron chi connectivity index (χ1n) is 5.84. The summed E-state index contributed by atoms with van der Waals surface area (Å²) < 4.78 is 0. The number of aryl methyl sites for hydroxylation is 3. The van der Waals surface area contributed by atoms with Crippen molar-refractivity contribution in [2.75, 3.05) is 0 Å². The third-order valence-electron chi connectivity index (χ3n) is 3.08. The van der Waals surface area contributed by atoms with E-state index in [-0.39, 0.29) is 11.9 Å². The zero-order valence-electron chi connectivity index (χ0n) is 10.8. The molecule has 0 aliphatic carbocycles. The molecule has 1 aromatic carbocycles. The zero-order chi connectivity index (χ0) is 12.3. The highest BCUT2D eigenvalue weighted by molar-refractivity contribution is 5.96. The summed E-state index contributed by atoms with van der Waals surface area (Å²) in [7, 11) is 0. The predicted octanol–water partition coefficient (Wildman–Crippen LogP) is 3.14. The summed E-state index contributed by atoms with van der Waals surface area (Å²) in [5.74, 6) is 0.0370. The molecule has 1 N–H and O–H groups in total. The molecule has 0 radical (unpaired) electrons. The lowest BCUT2D eigenvalue weighted by molar-refractivity contribution is 0.0938. The normalized spacial score (nSPS) is 12.3. The van der Waals surface area contributed by atoms with E-state index in [2.05, 4.69) is 25.2 Å². The van der Waals surface area contributed by atoms with Crippen LogP contribution in [0.5, 0.6) is 0 Å². The Morgan fingerprint density at radius 2 is 1.75 bits per heavy atom. The molecular weight excluding hydrogens is 198 g/mol. The topological polar surface area (TPSA) is 29.1 Å². The van der Waals surface area contributed by atoms with E-state index in [0.29, 0.717) is 0 Å². The van der Waals surface area contributed by atoms with E-state index in [1.807, 2.05) is 26.8 Å². The van der Waals surface area contributed by atoms with Gasteiger partial charge in [0.2, 0.25) is 0 Å². The first-order valence-corrected chi connectivity index (χ1v) is 5.84. The van der Waals surface area contributed by atoms with Crippen LogP contribution in [0.15, 0.2) is 12.1 Å². The molecule has 0 unspecified atom stereocenters. The Morgan fingerprint density at radius 3 is 2.31 bits per heavy atom. The smallest absolute Gasteiger partial charge is 0.251 e. The van der Waals surface area contributed by atoms with Gasteiger partial charge >= 0.3 is 0 Å². The SMILES string of the molecule is CC[C@@H](C)NC(=O)c1cc(C)c(C)cc1C. The van der Waals surface area contributed by atoms with Gasteiger partial charge in [-0.25, -0.2) is 0 Å². The van der Waals surface area contributed by atoms with Crippen LogP contribution in [-0.2, 0) is 0 Å². The Kier molecular flexibility index (Phi) is 4.11. The van der Waals surface area contributed by atoms with Crippen molar-refractivity contribution in [1.29, 1.82) is 0 Å². The van der Waals surface area contributed by atoms with E-state index < -0.39 is 0 Å². The first-order chi connectivity index (χ1) is 7.45. The Hall–Kier alpha value is -1.31. The number of rotatable bonds is 3. The quantitative estimate of drug-likeness (QED) is 0.831. The summed E-state index contributed by atoms with van der Waals surface area (Å²) in [6, 6.07) is 4.27. The molecule has 0 fully saturated rings. The van der Waals surface area contributed by atoms with Crippen LogP contribution in [0.3, 0.4) is 0 Å². The molecule has 1 rings (SSSR count). The lowest BCUT2D eigenvalue weighted by atomic mass is 10.00. The fourth-order valence-corrected chi connectivity index (χ4v) is 1.61. The fourth-order valence-electron chi connectivity index (χ4n) is 1.61. The highest BCUT2D eigenvalue weighted by atomic mass is 16.1. The number of carbonyl (C=O) groups is 1. The van der Waals surface area contributed by atoms with Crippen molar-refractivity contribution in [3.63, 3.8) is 0 Å². The van der Waals surface area contributed by atoms with Crippen LogP contribution >= 0.6 is 0 Å². The summed E-state index contributed by atoms with van der Waals surface area (Å²) in [6.45, 7) is 10.2. The van der Waals surface area contributed by atoms with Crippen LogP contribution in [0.2, 0.25) is 0 Å². The number of carbonyl (C=O) groups excluding carboxylic acids is 1. The minimum Gasteiger partial charge on any atom is -0.350 e. The van der Waals surface area contributed by atoms with Crippen molar-refractivity contribution in [3.05, 3.63) is 34.4 Å². The monoisotopic (exact) mass is 219 g/mol. The summed E-state index contributed by atoms with van der Waals surface area (Å²) in [4.78, 5) is 12.0. The molecule has 0 heterocycles. The van der Waals surface area contributed by atoms with Crippen molar-refractivity contribution < 1.29 is 4.79 Å². The highest BCUT2D eigenvalue weighted by Crippen LogP contribution is 2.15. The average Bonchev–Trinajstić information content (AvgIpc) is 2.23. The predicted molar refractivity (Wildman–Crippen MR) is 67.9 cm³/mol. The fraction of sp³-hybridized carbons (Fsp3) is 0.500. The molecule has 88 valence electrons. The molecule has 16 heavy (non-hydrogen) atoms. The Labute approximate surface area is 98.1 Å². The highest BCUT2D eigenvalue weighted by Gasteiger charge is 2.12. The summed E-state index contributed by atoms with van der Waals surface area (Å²) >= 11 is 0. The minimum atomic E-state index is 0.0370. The van der Waals surface area contributed by atoms with Gasteiger partial charge < -0.3 is 5.32 Å². The largest absolute Gasteiger partial charge is 0.350 e. The van der Waals surface area contributed by atoms with Gasteiger partial charge in [-0.2, -0.15) is 0 Å². The molecule has 0 spiro atoms. The van der Waals surface area contributed by atoms with Gasteiger partial charge in [0.05, 0.1) is 0 Å². The second-order valence-electron chi connectivity index (χ2n) is 4.53. The van der Waals surface area contributed by atoms with Crippen LogP contribution in [0.25, 0.3) is 0 Å². The summed E-state index contributed by atoms with van der Waals surface area (Å²) in [6.07, 6.45) is 0.954. The van der Waals surface area contributed by atoms with Gasteiger partial charge in [0.15, 0.2) is 0 Å². The van der Waals surface area contributed by atoms with E-state index in [0.717, 1.165) is 17.5 Å². The minimum absolute atomic E-state index is 0.0370. The summed E-state index contributed by atoms with van der Waals surface area (Å²) in [5, 5.41) is 2.99. The van der Waals surface area contributed by atoms with Gasteiger partial charge in [-0.1, -0.05) is 13.0 Å². The van der Waals surface area contributed by atoms with E-state index >= 15 is 0 Å².